The summed E-state index contributed by atoms with van der Waals surface area (Å²) in [6, 6.07) is 67.2. The number of benzene rings is 12. The van der Waals surface area contributed by atoms with E-state index >= 15 is 0 Å². The molecule has 3 aliphatic heterocycles. The quantitative estimate of drug-likeness (QED) is 0.0271. The van der Waals surface area contributed by atoms with Crippen LogP contribution >= 0.6 is 151 Å². The maximum atomic E-state index is 13.8. The van der Waals surface area contributed by atoms with E-state index in [1.165, 1.54) is 66.7 Å². The Labute approximate surface area is 804 Å². The van der Waals surface area contributed by atoms with Crippen LogP contribution in [0.4, 0.5) is 26.3 Å². The van der Waals surface area contributed by atoms with Crippen LogP contribution < -0.4 is 43.4 Å². The van der Waals surface area contributed by atoms with E-state index in [2.05, 4.69) is 26.1 Å². The highest BCUT2D eigenvalue weighted by atomic mass is 35.5. The zero-order valence-corrected chi connectivity index (χ0v) is 79.9. The van der Waals surface area contributed by atoms with E-state index in [1.54, 1.807) is 156 Å². The Morgan fingerprint density at radius 3 is 1.12 bits per heavy atom. The van der Waals surface area contributed by atoms with Gasteiger partial charge in [-0.1, -0.05) is 255 Å². The minimum Gasteiger partial charge on any atom is -0.370 e. The fraction of sp³-hybridized carbons (Fsp3) is 0.194. The molecule has 0 spiro atoms. The Morgan fingerprint density at radius 2 is 0.742 bits per heavy atom. The molecule has 12 aromatic carbocycles. The van der Waals surface area contributed by atoms with Crippen LogP contribution in [0.2, 0.25) is 60.3 Å². The monoisotopic (exact) mass is 2030 g/mol. The van der Waals surface area contributed by atoms with Crippen molar-refractivity contribution in [3.63, 3.8) is 0 Å². The lowest BCUT2D eigenvalue weighted by molar-refractivity contribution is 0.0899. The smallest absolute Gasteiger partial charge is 0.321 e. The molecule has 6 unspecified atom stereocenters. The van der Waals surface area contributed by atoms with Crippen LogP contribution in [0.5, 0.6) is 0 Å². The standard InChI is InChI=1S/C17H14Cl2FNS.C16H14Cl2FNO2S.C15H11Cl2FN2O2S.2C15H15Cl2FN2.C15H12Cl2FNO/c1-17(11-3-5-12(18)6-4-11)13(9-16(22)21-17)10-2-7-14(19)15(20)8-10;1-16(11-3-5-12(17)6-4-11)13(9-23(21,22)20-16)10-2-7-14(18)15(19)8-10;1-15(10-3-5-11(16)6-4-10)14(19-23(21,22)20-15)9-2-7-12(17)13(18)8-9;2*1-15(20,10-3-5-11(16)6-4-10)14(19)9-2-7-12(17)13(18)8-9;1-15(19,10-3-5-11(16)6-4-10)14(20)9-2-7-12(17)13(18)8-9/h2-8,13H,9H2,1H3,(H,21,22);2-8,13,20H,9H2,1H3;2-8,20H,1H3;2*2-8,14H,19-20H2,1H3;2-8H,19H2,1H3/t13-,17+;;;14-,15+;;/m1..1../s1. The molecule has 0 aliphatic carbocycles. The molecule has 35 heteroatoms. The van der Waals surface area contributed by atoms with E-state index in [4.69, 9.17) is 180 Å². The summed E-state index contributed by atoms with van der Waals surface area (Å²) in [6.45, 7) is 10.7. The number of carbonyl (C=O) groups excluding carboxylic acids is 1. The largest absolute Gasteiger partial charge is 0.370 e. The number of nitrogens with one attached hydrogen (secondary N) is 3. The molecule has 672 valence electrons. The van der Waals surface area contributed by atoms with Gasteiger partial charge in [-0.15, -0.1) is 0 Å². The van der Waals surface area contributed by atoms with Crippen molar-refractivity contribution in [3.8, 4) is 0 Å². The lowest BCUT2D eigenvalue weighted by Crippen LogP contribution is -2.44. The molecule has 2 fully saturated rings. The Kier molecular flexibility index (Phi) is 33.8. The molecular weight excluding hydrogens is 1960 g/mol. The number of sulfonamides is 1. The maximum Gasteiger partial charge on any atom is 0.321 e. The highest BCUT2D eigenvalue weighted by Crippen LogP contribution is 2.47. The van der Waals surface area contributed by atoms with Crippen molar-refractivity contribution < 1.29 is 48.0 Å². The maximum absolute atomic E-state index is 13.8. The number of rotatable bonds is 15. The van der Waals surface area contributed by atoms with E-state index in [-0.39, 0.29) is 53.1 Å². The number of hydrogen-bond acceptors (Lipinski definition) is 11. The Bertz CT molecular complexity index is 6240. The highest BCUT2D eigenvalue weighted by molar-refractivity contribution is 7.89. The van der Waals surface area contributed by atoms with Crippen molar-refractivity contribution >= 4 is 188 Å². The van der Waals surface area contributed by atoms with Gasteiger partial charge in [0.2, 0.25) is 10.0 Å². The number of Topliss-reactive ketones (excluding diaryl/α,β-unsaturated/α-hetero) is 1. The van der Waals surface area contributed by atoms with Crippen molar-refractivity contribution in [3.05, 3.63) is 417 Å². The van der Waals surface area contributed by atoms with Crippen molar-refractivity contribution in [2.45, 2.75) is 105 Å². The minimum absolute atomic E-state index is 0.00996. The third-order valence-electron chi connectivity index (χ3n) is 22.1. The summed E-state index contributed by atoms with van der Waals surface area (Å²) in [6.07, 6.45) is 0.676. The summed E-state index contributed by atoms with van der Waals surface area (Å²) in [7, 11) is -7.35. The number of halogens is 18. The molecule has 10 atom stereocenters. The summed E-state index contributed by atoms with van der Waals surface area (Å²) in [4.78, 5) is 13.2. The van der Waals surface area contributed by atoms with Gasteiger partial charge in [-0.2, -0.15) is 17.5 Å². The van der Waals surface area contributed by atoms with Crippen LogP contribution in [0.25, 0.3) is 0 Å². The zero-order valence-electron chi connectivity index (χ0n) is 68.4. The molecule has 0 bridgehead atoms. The third kappa shape index (κ3) is 24.7. The summed E-state index contributed by atoms with van der Waals surface area (Å²) >= 11 is 74.8. The van der Waals surface area contributed by atoms with Gasteiger partial charge in [0.25, 0.3) is 0 Å². The van der Waals surface area contributed by atoms with Gasteiger partial charge in [0.1, 0.15) is 46.0 Å². The second-order valence-corrected chi connectivity index (χ2v) is 40.0. The fourth-order valence-corrected chi connectivity index (χ4v) is 19.7. The van der Waals surface area contributed by atoms with Gasteiger partial charge in [-0.3, -0.25) is 4.79 Å². The lowest BCUT2D eigenvalue weighted by Gasteiger charge is -2.32. The molecule has 15 rings (SSSR count). The Morgan fingerprint density at radius 1 is 0.414 bits per heavy atom. The molecule has 2 saturated heterocycles. The molecule has 128 heavy (non-hydrogen) atoms. The molecule has 0 aromatic heterocycles. The van der Waals surface area contributed by atoms with Gasteiger partial charge in [-0.25, -0.2) is 39.5 Å². The normalized spacial score (nSPS) is 20.1. The molecule has 0 amide bonds. The fourth-order valence-electron chi connectivity index (χ4n) is 14.6. The van der Waals surface area contributed by atoms with Crippen molar-refractivity contribution in [1.82, 2.24) is 14.8 Å². The van der Waals surface area contributed by atoms with E-state index in [0.29, 0.717) is 69.9 Å². The molecular formula is C93H81Cl12F6N9O5S3. The van der Waals surface area contributed by atoms with Gasteiger partial charge >= 0.3 is 10.2 Å². The lowest BCUT2D eigenvalue weighted by atomic mass is 9.77. The number of ketones is 1. The van der Waals surface area contributed by atoms with Crippen LogP contribution in [0.15, 0.2) is 259 Å². The van der Waals surface area contributed by atoms with Gasteiger partial charge in [0, 0.05) is 59.5 Å². The number of carbonyl (C=O) groups is 1. The first-order valence-electron chi connectivity index (χ1n) is 38.4. The molecule has 14 nitrogen and oxygen atoms in total. The highest BCUT2D eigenvalue weighted by Gasteiger charge is 2.50. The number of nitrogens with two attached hydrogens (primary N) is 5. The molecule has 0 radical (unpaired) electrons. The Balaban J connectivity index is 0.000000160. The van der Waals surface area contributed by atoms with Gasteiger partial charge in [0.15, 0.2) is 5.78 Å². The summed E-state index contributed by atoms with van der Waals surface area (Å²) < 4.78 is 139. The molecule has 3 heterocycles. The van der Waals surface area contributed by atoms with Crippen LogP contribution in [-0.4, -0.2) is 39.1 Å². The van der Waals surface area contributed by atoms with E-state index in [1.807, 2.05) is 54.6 Å². The van der Waals surface area contributed by atoms with Gasteiger partial charge < -0.3 is 34.0 Å². The van der Waals surface area contributed by atoms with Crippen LogP contribution in [0, 0.1) is 34.9 Å². The second-order valence-electron chi connectivity index (χ2n) is 31.3. The SMILES string of the molecule is CC(N)(C(=O)c1ccc(Cl)c(F)c1)c1ccc(Cl)cc1.CC(N)(c1ccc(Cl)cc1)C(N)c1ccc(Cl)c(F)c1.CC1(c2ccc(Cl)cc2)NS(=O)(=O)CC1c1ccc(Cl)c(F)c1.CC1(c2ccc(Cl)cc2)NS(=O)(=O)N=C1c1ccc(Cl)c(F)c1.C[C@@]1(c2ccc(Cl)cc2)NC(=S)C[C@@H]1c1ccc(Cl)c(F)c1.C[C@](N)(c1ccc(Cl)cc1)[C@H](N)c1ccc(Cl)c(F)c1. The molecule has 3 aliphatic rings. The average Bonchev–Trinajstić information content (AvgIpc) is 1.60. The van der Waals surface area contributed by atoms with E-state index in [9.17, 15) is 48.0 Å². The zero-order chi connectivity index (χ0) is 94.3. The van der Waals surface area contributed by atoms with E-state index in [0.717, 1.165) is 44.9 Å². The first kappa shape index (κ1) is 103. The molecule has 0 saturated carbocycles. The van der Waals surface area contributed by atoms with E-state index < -0.39 is 112 Å². The minimum atomic E-state index is -3.88. The first-order valence-corrected chi connectivity index (χ1v) is 46.5. The predicted octanol–water partition coefficient (Wildman–Crippen LogP) is 25.4. The average molecular weight is 2040 g/mol. The topological polar surface area (TPSA) is 264 Å². The van der Waals surface area contributed by atoms with Crippen molar-refractivity contribution in [1.29, 1.82) is 0 Å². The Hall–Kier alpha value is -7.45. The summed E-state index contributed by atoms with van der Waals surface area (Å²) in [5, 5.41) is 7.12. The summed E-state index contributed by atoms with van der Waals surface area (Å²) in [5.41, 5.74) is 33.8. The molecule has 12 aromatic rings. The van der Waals surface area contributed by atoms with Gasteiger partial charge in [0.05, 0.1) is 80.8 Å². The summed E-state index contributed by atoms with van der Waals surface area (Å²) in [5.74, 6) is -4.20. The first-order chi connectivity index (χ1) is 59.8. The van der Waals surface area contributed by atoms with Crippen LogP contribution in [0.1, 0.15) is 143 Å². The number of thiocarbonyl (C=S) groups is 1. The van der Waals surface area contributed by atoms with Crippen LogP contribution in [-0.2, 0) is 53.5 Å². The van der Waals surface area contributed by atoms with Crippen LogP contribution in [0.3, 0.4) is 0 Å². The van der Waals surface area contributed by atoms with Crippen molar-refractivity contribution in [2.75, 3.05) is 5.75 Å². The molecule has 13 N–H and O–H groups in total. The predicted molar refractivity (Wildman–Crippen MR) is 513 cm³/mol. The third-order valence-corrected chi connectivity index (χ3v) is 28.3. The van der Waals surface area contributed by atoms with Crippen molar-refractivity contribution in [2.24, 2.45) is 33.1 Å². The number of hydrogen-bond donors (Lipinski definition) is 8. The number of nitrogens with zero attached hydrogens (tertiary/aromatic N) is 1. The second kappa shape index (κ2) is 42.2. The van der Waals surface area contributed by atoms with Gasteiger partial charge in [-0.05, 0) is 249 Å².